The Morgan fingerprint density at radius 2 is 1.83 bits per heavy atom. The first-order valence-corrected chi connectivity index (χ1v) is 9.89. The summed E-state index contributed by atoms with van der Waals surface area (Å²) in [5.74, 6) is -2.76. The highest BCUT2D eigenvalue weighted by atomic mass is 32.2. The molecule has 3 rings (SSSR count). The van der Waals surface area contributed by atoms with Gasteiger partial charge < -0.3 is 18.8 Å². The Labute approximate surface area is 174 Å². The standard InChI is InChI=1S/C21H19NO7S/c1-14-7-9-16(10-8-14)22(30(26)27)12-17-11-18(23)19(20(29-17)21(24)25)28-13-15-5-3-2-4-6-15/h2-11H,12-13H2,1H3,(H,24,25)(H,26,27)/p-1. The third-order valence-electron chi connectivity index (χ3n) is 4.18. The Morgan fingerprint density at radius 3 is 2.43 bits per heavy atom. The first-order chi connectivity index (χ1) is 14.3. The molecule has 8 nitrogen and oxygen atoms in total. The quantitative estimate of drug-likeness (QED) is 0.548. The van der Waals surface area contributed by atoms with Gasteiger partial charge in [0.25, 0.3) is 5.76 Å². The van der Waals surface area contributed by atoms with Crippen LogP contribution < -0.4 is 14.5 Å². The molecule has 3 aromatic rings. The molecule has 0 saturated carbocycles. The summed E-state index contributed by atoms with van der Waals surface area (Å²) in [6.45, 7) is 1.48. The van der Waals surface area contributed by atoms with Crippen LogP contribution in [0, 0.1) is 6.92 Å². The van der Waals surface area contributed by atoms with Crippen LogP contribution >= 0.6 is 0 Å². The maximum absolute atomic E-state index is 12.5. The summed E-state index contributed by atoms with van der Waals surface area (Å²) in [6, 6.07) is 16.6. The van der Waals surface area contributed by atoms with Crippen molar-refractivity contribution in [2.75, 3.05) is 4.31 Å². The van der Waals surface area contributed by atoms with Gasteiger partial charge in [0.05, 0.1) is 6.54 Å². The summed E-state index contributed by atoms with van der Waals surface area (Å²) in [5, 5.41) is 9.45. The van der Waals surface area contributed by atoms with Crippen molar-refractivity contribution in [3.05, 3.63) is 93.5 Å². The number of carboxylic acids is 1. The Hall–Kier alpha value is -3.43. The van der Waals surface area contributed by atoms with E-state index >= 15 is 0 Å². The molecule has 1 atom stereocenters. The number of aromatic carboxylic acids is 1. The third-order valence-corrected chi connectivity index (χ3v) is 4.88. The van der Waals surface area contributed by atoms with Crippen LogP contribution in [0.4, 0.5) is 5.69 Å². The van der Waals surface area contributed by atoms with Gasteiger partial charge >= 0.3 is 5.97 Å². The fraction of sp³-hybridized carbons (Fsp3) is 0.143. The van der Waals surface area contributed by atoms with Gasteiger partial charge in [-0.1, -0.05) is 48.0 Å². The molecular weight excluding hydrogens is 410 g/mol. The molecule has 1 N–H and O–H groups in total. The number of benzene rings is 2. The van der Waals surface area contributed by atoms with Gasteiger partial charge in [-0.05, 0) is 24.6 Å². The molecule has 0 fully saturated rings. The smallest absolute Gasteiger partial charge is 0.375 e. The van der Waals surface area contributed by atoms with Crippen molar-refractivity contribution >= 4 is 22.9 Å². The summed E-state index contributed by atoms with van der Waals surface area (Å²) < 4.78 is 35.0. The fourth-order valence-electron chi connectivity index (χ4n) is 2.70. The normalized spacial score (nSPS) is 11.7. The number of hydrogen-bond acceptors (Lipinski definition) is 6. The number of ether oxygens (including phenoxy) is 1. The summed E-state index contributed by atoms with van der Waals surface area (Å²) >= 11 is -2.68. The van der Waals surface area contributed by atoms with Crippen molar-refractivity contribution in [1.82, 2.24) is 0 Å². The maximum Gasteiger partial charge on any atom is 0.375 e. The van der Waals surface area contributed by atoms with Crippen LogP contribution in [-0.2, 0) is 24.4 Å². The predicted octanol–water partition coefficient (Wildman–Crippen LogP) is 3.03. The third kappa shape index (κ3) is 5.13. The van der Waals surface area contributed by atoms with Gasteiger partial charge in [0.15, 0.2) is 0 Å². The molecule has 0 bridgehead atoms. The fourth-order valence-corrected chi connectivity index (χ4v) is 3.22. The van der Waals surface area contributed by atoms with E-state index in [9.17, 15) is 23.5 Å². The maximum atomic E-state index is 12.5. The van der Waals surface area contributed by atoms with Crippen LogP contribution in [0.3, 0.4) is 0 Å². The Balaban J connectivity index is 1.90. The number of nitrogens with zero attached hydrogens (tertiary/aromatic N) is 1. The molecular formula is C21H18NO7S-. The van der Waals surface area contributed by atoms with E-state index in [0.29, 0.717) is 5.69 Å². The topological polar surface area (TPSA) is 120 Å². The minimum absolute atomic E-state index is 0.0225. The van der Waals surface area contributed by atoms with Gasteiger partial charge in [-0.25, -0.2) is 4.79 Å². The first-order valence-electron chi connectivity index (χ1n) is 8.86. The van der Waals surface area contributed by atoms with Crippen molar-refractivity contribution in [3.8, 4) is 5.75 Å². The van der Waals surface area contributed by atoms with Crippen LogP contribution in [0.15, 0.2) is 69.9 Å². The van der Waals surface area contributed by atoms with Gasteiger partial charge in [0, 0.05) is 23.0 Å². The minimum atomic E-state index is -2.68. The van der Waals surface area contributed by atoms with Crippen molar-refractivity contribution in [2.45, 2.75) is 20.1 Å². The van der Waals surface area contributed by atoms with E-state index in [0.717, 1.165) is 21.5 Å². The zero-order chi connectivity index (χ0) is 21.7. The van der Waals surface area contributed by atoms with Crippen molar-refractivity contribution in [2.24, 2.45) is 0 Å². The number of carbonyl (C=O) groups is 1. The predicted molar refractivity (Wildman–Crippen MR) is 109 cm³/mol. The highest BCUT2D eigenvalue weighted by Crippen LogP contribution is 2.22. The molecule has 2 aromatic carbocycles. The van der Waals surface area contributed by atoms with Gasteiger partial charge in [-0.15, -0.1) is 0 Å². The summed E-state index contributed by atoms with van der Waals surface area (Å²) in [4.78, 5) is 24.1. The SMILES string of the molecule is Cc1ccc(N(Cc2cc(=O)c(OCc3ccccc3)c(C(=O)O)o2)S(=O)[O-])cc1. The number of rotatable bonds is 8. The van der Waals surface area contributed by atoms with E-state index < -0.39 is 34.2 Å². The van der Waals surface area contributed by atoms with E-state index in [1.54, 1.807) is 48.5 Å². The monoisotopic (exact) mass is 428 g/mol. The molecule has 1 unspecified atom stereocenters. The zero-order valence-electron chi connectivity index (χ0n) is 15.9. The lowest BCUT2D eigenvalue weighted by molar-refractivity contribution is 0.0647. The molecule has 30 heavy (non-hydrogen) atoms. The molecule has 0 saturated heterocycles. The second-order valence-corrected chi connectivity index (χ2v) is 7.28. The zero-order valence-corrected chi connectivity index (χ0v) is 16.8. The van der Waals surface area contributed by atoms with Crippen LogP contribution in [0.25, 0.3) is 0 Å². The molecule has 1 heterocycles. The van der Waals surface area contributed by atoms with E-state index in [2.05, 4.69) is 0 Å². The number of aryl methyl sites for hydroxylation is 1. The Bertz CT molecular complexity index is 1110. The van der Waals surface area contributed by atoms with E-state index in [4.69, 9.17) is 9.15 Å². The van der Waals surface area contributed by atoms with E-state index in [-0.39, 0.29) is 18.9 Å². The highest BCUT2D eigenvalue weighted by molar-refractivity contribution is 7.80. The molecule has 1 aromatic heterocycles. The molecule has 0 amide bonds. The van der Waals surface area contributed by atoms with Crippen molar-refractivity contribution in [1.29, 1.82) is 0 Å². The lowest BCUT2D eigenvalue weighted by atomic mass is 10.2. The largest absolute Gasteiger partial charge is 0.755 e. The molecule has 0 spiro atoms. The average molecular weight is 428 g/mol. The van der Waals surface area contributed by atoms with Gasteiger partial charge in [0.2, 0.25) is 11.2 Å². The summed E-state index contributed by atoms with van der Waals surface area (Å²) in [5.41, 5.74) is 1.31. The van der Waals surface area contributed by atoms with Gasteiger partial charge in [-0.3, -0.25) is 13.3 Å². The average Bonchev–Trinajstić information content (AvgIpc) is 2.72. The lowest BCUT2D eigenvalue weighted by Crippen LogP contribution is -2.26. The molecule has 0 radical (unpaired) electrons. The molecule has 0 aliphatic carbocycles. The number of carboxylic acid groups (broad SMARTS) is 1. The minimum Gasteiger partial charge on any atom is -0.755 e. The van der Waals surface area contributed by atoms with Crippen LogP contribution in [0.2, 0.25) is 0 Å². The lowest BCUT2D eigenvalue weighted by Gasteiger charge is -2.26. The van der Waals surface area contributed by atoms with Gasteiger partial charge in [-0.2, -0.15) is 0 Å². The summed E-state index contributed by atoms with van der Waals surface area (Å²) in [6.07, 6.45) is 0. The molecule has 9 heteroatoms. The van der Waals surface area contributed by atoms with Crippen LogP contribution in [0.5, 0.6) is 5.75 Å². The highest BCUT2D eigenvalue weighted by Gasteiger charge is 2.22. The van der Waals surface area contributed by atoms with Crippen LogP contribution in [-0.4, -0.2) is 19.8 Å². The van der Waals surface area contributed by atoms with E-state index in [1.807, 2.05) is 13.0 Å². The number of anilines is 1. The van der Waals surface area contributed by atoms with E-state index in [1.165, 1.54) is 0 Å². The van der Waals surface area contributed by atoms with Gasteiger partial charge in [0.1, 0.15) is 12.4 Å². The Morgan fingerprint density at radius 1 is 1.17 bits per heavy atom. The molecule has 156 valence electrons. The van der Waals surface area contributed by atoms with Crippen molar-refractivity contribution in [3.63, 3.8) is 0 Å². The van der Waals surface area contributed by atoms with Crippen LogP contribution in [0.1, 0.15) is 27.4 Å². The molecule has 0 aliphatic heterocycles. The summed E-state index contributed by atoms with van der Waals surface area (Å²) in [7, 11) is 0. The second kappa shape index (κ2) is 9.38. The molecule has 0 aliphatic rings. The number of hydrogen-bond donors (Lipinski definition) is 1. The Kier molecular flexibility index (Phi) is 6.65. The van der Waals surface area contributed by atoms with Crippen molar-refractivity contribution < 1.29 is 27.8 Å². The second-order valence-electron chi connectivity index (χ2n) is 6.40. The first kappa shape index (κ1) is 21.3.